The van der Waals surface area contributed by atoms with E-state index in [0.29, 0.717) is 27.8 Å². The van der Waals surface area contributed by atoms with Crippen molar-refractivity contribution in [2.24, 2.45) is 0 Å². The molecule has 0 radical (unpaired) electrons. The molecule has 0 spiro atoms. The number of ether oxygens (including phenoxy) is 4. The molecule has 0 aliphatic carbocycles. The van der Waals surface area contributed by atoms with Crippen LogP contribution < -0.4 is 14.4 Å². The molecule has 0 aromatic heterocycles. The zero-order valence-corrected chi connectivity index (χ0v) is 18.8. The molecule has 32 heavy (non-hydrogen) atoms. The van der Waals surface area contributed by atoms with Gasteiger partial charge in [-0.15, -0.1) is 0 Å². The van der Waals surface area contributed by atoms with Crippen molar-refractivity contribution < 1.29 is 33.3 Å². The summed E-state index contributed by atoms with van der Waals surface area (Å²) >= 11 is 6.15. The van der Waals surface area contributed by atoms with Crippen molar-refractivity contribution in [1.29, 1.82) is 0 Å². The van der Waals surface area contributed by atoms with Gasteiger partial charge in [-0.1, -0.05) is 29.8 Å². The summed E-state index contributed by atoms with van der Waals surface area (Å²) < 4.78 is 20.3. The first-order valence-electron chi connectivity index (χ1n) is 9.67. The Labute approximate surface area is 191 Å². The smallest absolute Gasteiger partial charge is 0.331 e. The number of carbonyl (C=O) groups is 3. The van der Waals surface area contributed by atoms with Crippen LogP contribution in [0.4, 0.5) is 5.69 Å². The number of methoxy groups -OCH3 is 2. The molecule has 1 amide bonds. The van der Waals surface area contributed by atoms with Crippen molar-refractivity contribution in [2.45, 2.75) is 6.92 Å². The lowest BCUT2D eigenvalue weighted by atomic mass is 10.2. The normalized spacial score (nSPS) is 10.5. The minimum absolute atomic E-state index is 0.190. The highest BCUT2D eigenvalue weighted by molar-refractivity contribution is 6.32. The van der Waals surface area contributed by atoms with Crippen molar-refractivity contribution in [1.82, 2.24) is 0 Å². The van der Waals surface area contributed by atoms with Crippen LogP contribution in [-0.4, -0.2) is 51.8 Å². The zero-order chi connectivity index (χ0) is 23.5. The van der Waals surface area contributed by atoms with E-state index in [1.807, 2.05) is 0 Å². The van der Waals surface area contributed by atoms with Gasteiger partial charge in [0, 0.05) is 11.8 Å². The predicted octanol–water partition coefficient (Wildman–Crippen LogP) is 3.51. The summed E-state index contributed by atoms with van der Waals surface area (Å²) in [6.45, 7) is 1.01. The van der Waals surface area contributed by atoms with Crippen molar-refractivity contribution >= 4 is 41.2 Å². The molecule has 0 fully saturated rings. The molecule has 0 atom stereocenters. The lowest BCUT2D eigenvalue weighted by Crippen LogP contribution is -2.39. The highest BCUT2D eigenvalue weighted by Gasteiger charge is 2.21. The second-order valence-corrected chi connectivity index (χ2v) is 6.71. The average molecular weight is 462 g/mol. The number of hydrogen-bond donors (Lipinski definition) is 0. The first-order chi connectivity index (χ1) is 15.4. The Morgan fingerprint density at radius 2 is 1.75 bits per heavy atom. The van der Waals surface area contributed by atoms with Crippen LogP contribution in [0.1, 0.15) is 12.5 Å². The zero-order valence-electron chi connectivity index (χ0n) is 18.0. The van der Waals surface area contributed by atoms with Crippen LogP contribution in [0.2, 0.25) is 5.02 Å². The first kappa shape index (κ1) is 24.7. The van der Waals surface area contributed by atoms with Crippen LogP contribution in [0.3, 0.4) is 0 Å². The van der Waals surface area contributed by atoms with Gasteiger partial charge in [0.15, 0.2) is 18.1 Å². The Hall–Kier alpha value is -3.52. The number of hydrogen-bond acceptors (Lipinski definition) is 7. The van der Waals surface area contributed by atoms with E-state index in [-0.39, 0.29) is 13.2 Å². The third-order valence-electron chi connectivity index (χ3n) is 4.17. The van der Waals surface area contributed by atoms with Crippen molar-refractivity contribution in [2.75, 3.05) is 38.9 Å². The van der Waals surface area contributed by atoms with E-state index in [0.717, 1.165) is 6.08 Å². The average Bonchev–Trinajstić information content (AvgIpc) is 2.79. The number of halogens is 1. The number of amides is 1. The largest absolute Gasteiger partial charge is 0.493 e. The molecule has 2 rings (SSSR count). The molecule has 0 aliphatic heterocycles. The van der Waals surface area contributed by atoms with Crippen LogP contribution >= 0.6 is 11.6 Å². The van der Waals surface area contributed by atoms with Crippen LogP contribution in [-0.2, 0) is 23.9 Å². The van der Waals surface area contributed by atoms with Gasteiger partial charge in [-0.3, -0.25) is 14.5 Å². The third-order valence-corrected chi connectivity index (χ3v) is 4.45. The standard InChI is InChI=1S/C23H24ClNO7/c1-4-31-22(28)14-25(17-8-6-5-7-9-17)20(26)15-32-21(27)11-10-16-12-18(24)23(30-3)19(13-16)29-2/h5-13H,4,14-15H2,1-3H3/b11-10+. The summed E-state index contributed by atoms with van der Waals surface area (Å²) in [5.41, 5.74) is 1.06. The minimum atomic E-state index is -0.742. The Kier molecular flexibility index (Phi) is 9.56. The monoisotopic (exact) mass is 461 g/mol. The third kappa shape index (κ3) is 7.02. The maximum Gasteiger partial charge on any atom is 0.331 e. The molecule has 0 bridgehead atoms. The molecule has 0 saturated carbocycles. The van der Waals surface area contributed by atoms with E-state index in [4.69, 9.17) is 30.5 Å². The summed E-state index contributed by atoms with van der Waals surface area (Å²) in [4.78, 5) is 37.8. The molecular weight excluding hydrogens is 438 g/mol. The molecule has 9 heteroatoms. The number of carbonyl (C=O) groups excluding carboxylic acids is 3. The summed E-state index contributed by atoms with van der Waals surface area (Å²) in [7, 11) is 2.94. The maximum atomic E-state index is 12.6. The molecule has 0 N–H and O–H groups in total. The number of benzene rings is 2. The van der Waals surface area contributed by atoms with E-state index in [9.17, 15) is 14.4 Å². The van der Waals surface area contributed by atoms with Gasteiger partial charge < -0.3 is 18.9 Å². The highest BCUT2D eigenvalue weighted by atomic mass is 35.5. The van der Waals surface area contributed by atoms with E-state index in [1.54, 1.807) is 49.4 Å². The van der Waals surface area contributed by atoms with Crippen molar-refractivity contribution in [3.63, 3.8) is 0 Å². The summed E-state index contributed by atoms with van der Waals surface area (Å²) in [5.74, 6) is -1.10. The highest BCUT2D eigenvalue weighted by Crippen LogP contribution is 2.36. The van der Waals surface area contributed by atoms with Crippen molar-refractivity contribution in [3.8, 4) is 11.5 Å². The number of para-hydroxylation sites is 1. The van der Waals surface area contributed by atoms with Gasteiger partial charge in [-0.2, -0.15) is 0 Å². The number of esters is 2. The Bertz CT molecular complexity index is 976. The first-order valence-corrected chi connectivity index (χ1v) is 10.0. The number of anilines is 1. The lowest BCUT2D eigenvalue weighted by Gasteiger charge is -2.21. The van der Waals surface area contributed by atoms with Crippen molar-refractivity contribution in [3.05, 3.63) is 59.1 Å². The fourth-order valence-corrected chi connectivity index (χ4v) is 3.02. The van der Waals surface area contributed by atoms with E-state index in [2.05, 4.69) is 0 Å². The van der Waals surface area contributed by atoms with Crippen LogP contribution in [0.25, 0.3) is 6.08 Å². The molecule has 0 unspecified atom stereocenters. The van der Waals surface area contributed by atoms with Crippen LogP contribution in [0.5, 0.6) is 11.5 Å². The molecule has 170 valence electrons. The van der Waals surface area contributed by atoms with Crippen LogP contribution in [0, 0.1) is 0 Å². The molecular formula is C23H24ClNO7. The Morgan fingerprint density at radius 1 is 1.03 bits per heavy atom. The molecule has 8 nitrogen and oxygen atoms in total. The number of nitrogens with zero attached hydrogens (tertiary/aromatic N) is 1. The fraction of sp³-hybridized carbons (Fsp3) is 0.261. The topological polar surface area (TPSA) is 91.4 Å². The molecule has 2 aromatic rings. The second kappa shape index (κ2) is 12.4. The van der Waals surface area contributed by atoms with Gasteiger partial charge in [0.2, 0.25) is 0 Å². The second-order valence-electron chi connectivity index (χ2n) is 6.30. The molecule has 0 saturated heterocycles. The van der Waals surface area contributed by atoms with Gasteiger partial charge in [0.1, 0.15) is 6.54 Å². The molecule has 2 aromatic carbocycles. The van der Waals surface area contributed by atoms with Crippen LogP contribution in [0.15, 0.2) is 48.5 Å². The van der Waals surface area contributed by atoms with Gasteiger partial charge >= 0.3 is 11.9 Å². The van der Waals surface area contributed by atoms with Gasteiger partial charge in [-0.25, -0.2) is 4.79 Å². The summed E-state index contributed by atoms with van der Waals surface area (Å²) in [6, 6.07) is 11.8. The minimum Gasteiger partial charge on any atom is -0.493 e. The van der Waals surface area contributed by atoms with Gasteiger partial charge in [0.25, 0.3) is 5.91 Å². The van der Waals surface area contributed by atoms with E-state index >= 15 is 0 Å². The summed E-state index contributed by atoms with van der Waals surface area (Å²) in [5, 5.41) is 0.313. The van der Waals surface area contributed by atoms with Gasteiger partial charge in [0.05, 0.1) is 25.8 Å². The fourth-order valence-electron chi connectivity index (χ4n) is 2.72. The quantitative estimate of drug-likeness (QED) is 0.395. The lowest BCUT2D eigenvalue weighted by molar-refractivity contribution is -0.144. The molecule has 0 heterocycles. The Morgan fingerprint density at radius 3 is 2.38 bits per heavy atom. The Balaban J connectivity index is 2.04. The number of rotatable bonds is 10. The maximum absolute atomic E-state index is 12.6. The molecule has 0 aliphatic rings. The van der Waals surface area contributed by atoms with E-state index < -0.39 is 24.5 Å². The predicted molar refractivity (Wildman–Crippen MR) is 120 cm³/mol. The SMILES string of the molecule is CCOC(=O)CN(C(=O)COC(=O)/C=C/c1cc(Cl)c(OC)c(OC)c1)c1ccccc1. The van der Waals surface area contributed by atoms with E-state index in [1.165, 1.54) is 25.2 Å². The van der Waals surface area contributed by atoms with Gasteiger partial charge in [-0.05, 0) is 42.8 Å². The summed E-state index contributed by atoms with van der Waals surface area (Å²) in [6.07, 6.45) is 2.62.